The minimum Gasteiger partial charge on any atom is -0.0622 e. The first-order valence-electron chi connectivity index (χ1n) is 5.42. The second-order valence-electron chi connectivity index (χ2n) is 5.91. The molecule has 0 nitrogen and oxygen atoms in total. The summed E-state index contributed by atoms with van der Waals surface area (Å²) in [6.45, 7) is 12.4. The topological polar surface area (TPSA) is 0 Å². The molecule has 2 saturated carbocycles. The van der Waals surface area contributed by atoms with E-state index in [-0.39, 0.29) is 0 Å². The minimum atomic E-state index is 0.672. The molecule has 0 amide bonds. The molecule has 0 saturated heterocycles. The predicted octanol–water partition coefficient (Wildman–Crippen LogP) is 3.71. The van der Waals surface area contributed by atoms with Gasteiger partial charge in [0.2, 0.25) is 0 Å². The van der Waals surface area contributed by atoms with E-state index in [0.717, 1.165) is 17.8 Å². The third-order valence-corrected chi connectivity index (χ3v) is 5.73. The summed E-state index contributed by atoms with van der Waals surface area (Å²) < 4.78 is 0. The molecule has 0 heterocycles. The van der Waals surface area contributed by atoms with Gasteiger partial charge in [-0.2, -0.15) is 0 Å². The highest BCUT2D eigenvalue weighted by Gasteiger charge is 2.65. The number of hydrogen-bond donors (Lipinski definition) is 0. The fourth-order valence-corrected chi connectivity index (χ4v) is 4.14. The quantitative estimate of drug-likeness (QED) is 0.514. The van der Waals surface area contributed by atoms with E-state index in [1.54, 1.807) is 0 Å². The van der Waals surface area contributed by atoms with Gasteiger partial charge in [0.25, 0.3) is 0 Å². The van der Waals surface area contributed by atoms with Gasteiger partial charge in [-0.15, -0.1) is 0 Å². The Hall–Kier alpha value is 0. The van der Waals surface area contributed by atoms with E-state index in [1.165, 1.54) is 12.8 Å². The fourth-order valence-electron chi connectivity index (χ4n) is 4.14. The van der Waals surface area contributed by atoms with Crippen LogP contribution in [0, 0.1) is 28.6 Å². The van der Waals surface area contributed by atoms with Crippen molar-refractivity contribution >= 4 is 0 Å². The third kappa shape index (κ3) is 0.661. The highest BCUT2D eigenvalue weighted by atomic mass is 14.7. The van der Waals surface area contributed by atoms with E-state index in [1.807, 2.05) is 0 Å². The normalized spacial score (nSPS) is 64.2. The molecule has 12 heavy (non-hydrogen) atoms. The van der Waals surface area contributed by atoms with E-state index in [9.17, 15) is 0 Å². The first-order valence-corrected chi connectivity index (χ1v) is 5.42. The van der Waals surface area contributed by atoms with Crippen molar-refractivity contribution in [2.24, 2.45) is 28.6 Å². The maximum atomic E-state index is 2.52. The van der Waals surface area contributed by atoms with Crippen LogP contribution in [0.5, 0.6) is 0 Å². The van der Waals surface area contributed by atoms with Crippen molar-refractivity contribution in [2.45, 2.75) is 47.5 Å². The van der Waals surface area contributed by atoms with Crippen LogP contribution in [0.25, 0.3) is 0 Å². The maximum absolute atomic E-state index is 2.52. The van der Waals surface area contributed by atoms with Crippen LogP contribution in [0.4, 0.5) is 0 Å². The Labute approximate surface area is 76.7 Å². The summed E-state index contributed by atoms with van der Waals surface area (Å²) in [5.74, 6) is 2.86. The van der Waals surface area contributed by atoms with Gasteiger partial charge in [0.15, 0.2) is 0 Å². The summed E-state index contributed by atoms with van der Waals surface area (Å²) in [6.07, 6.45) is 2.93. The molecule has 2 aliphatic rings. The van der Waals surface area contributed by atoms with Crippen molar-refractivity contribution in [3.63, 3.8) is 0 Å². The molecule has 0 aromatic heterocycles. The zero-order valence-corrected chi connectivity index (χ0v) is 9.15. The zero-order valence-electron chi connectivity index (χ0n) is 9.15. The van der Waals surface area contributed by atoms with Crippen molar-refractivity contribution in [3.8, 4) is 0 Å². The molecule has 5 unspecified atom stereocenters. The Kier molecular flexibility index (Phi) is 1.49. The van der Waals surface area contributed by atoms with E-state index in [0.29, 0.717) is 10.8 Å². The first-order chi connectivity index (χ1) is 5.42. The zero-order chi connectivity index (χ0) is 9.15. The van der Waals surface area contributed by atoms with Crippen LogP contribution in [-0.2, 0) is 0 Å². The Bertz CT molecular complexity index is 206. The van der Waals surface area contributed by atoms with Gasteiger partial charge in [0.05, 0.1) is 0 Å². The van der Waals surface area contributed by atoms with Gasteiger partial charge >= 0.3 is 0 Å². The van der Waals surface area contributed by atoms with E-state index in [2.05, 4.69) is 34.6 Å². The Morgan fingerprint density at radius 3 is 1.83 bits per heavy atom. The Morgan fingerprint density at radius 2 is 1.50 bits per heavy atom. The lowest BCUT2D eigenvalue weighted by molar-refractivity contribution is -0.105. The molecule has 0 aliphatic heterocycles. The highest BCUT2D eigenvalue weighted by molar-refractivity contribution is 5.13. The van der Waals surface area contributed by atoms with Gasteiger partial charge in [-0.1, -0.05) is 34.6 Å². The number of fused-ring (bicyclic) bond motifs is 1. The first kappa shape index (κ1) is 8.59. The number of rotatable bonds is 0. The molecule has 2 fully saturated rings. The van der Waals surface area contributed by atoms with Crippen molar-refractivity contribution in [1.29, 1.82) is 0 Å². The lowest BCUT2D eigenvalue weighted by atomic mass is 9.45. The second kappa shape index (κ2) is 2.08. The molecular formula is C12H22. The van der Waals surface area contributed by atoms with Crippen LogP contribution in [-0.4, -0.2) is 0 Å². The standard InChI is InChI=1S/C12H22/c1-8-6-11(4)9(2)7-12(11,5)10(8)3/h8-10H,6-7H2,1-5H3. The van der Waals surface area contributed by atoms with Crippen LogP contribution < -0.4 is 0 Å². The molecular weight excluding hydrogens is 144 g/mol. The molecule has 0 radical (unpaired) electrons. The van der Waals surface area contributed by atoms with Crippen LogP contribution in [0.2, 0.25) is 0 Å². The monoisotopic (exact) mass is 166 g/mol. The van der Waals surface area contributed by atoms with Gasteiger partial charge in [-0.05, 0) is 41.4 Å². The molecule has 2 aliphatic carbocycles. The summed E-state index contributed by atoms with van der Waals surface area (Å²) in [5, 5.41) is 0. The number of hydrogen-bond acceptors (Lipinski definition) is 0. The molecule has 0 spiro atoms. The fraction of sp³-hybridized carbons (Fsp3) is 1.00. The molecule has 0 bridgehead atoms. The Morgan fingerprint density at radius 1 is 0.917 bits per heavy atom. The second-order valence-corrected chi connectivity index (χ2v) is 5.91. The van der Waals surface area contributed by atoms with Crippen molar-refractivity contribution < 1.29 is 0 Å². The predicted molar refractivity (Wildman–Crippen MR) is 52.9 cm³/mol. The van der Waals surface area contributed by atoms with Gasteiger partial charge in [-0.25, -0.2) is 0 Å². The lowest BCUT2D eigenvalue weighted by Crippen LogP contribution is -2.52. The van der Waals surface area contributed by atoms with Gasteiger partial charge in [0, 0.05) is 0 Å². The van der Waals surface area contributed by atoms with E-state index in [4.69, 9.17) is 0 Å². The SMILES string of the molecule is CC1CC2(C)C(C)CC2(C)C1C. The molecule has 0 N–H and O–H groups in total. The summed E-state index contributed by atoms with van der Waals surface area (Å²) in [4.78, 5) is 0. The lowest BCUT2D eigenvalue weighted by Gasteiger charge is -2.59. The molecule has 0 heteroatoms. The average molecular weight is 166 g/mol. The van der Waals surface area contributed by atoms with Crippen molar-refractivity contribution in [1.82, 2.24) is 0 Å². The largest absolute Gasteiger partial charge is 0.0622 e. The molecule has 70 valence electrons. The van der Waals surface area contributed by atoms with Crippen LogP contribution >= 0.6 is 0 Å². The average Bonchev–Trinajstić information content (AvgIpc) is 2.13. The highest BCUT2D eigenvalue weighted by Crippen LogP contribution is 2.72. The Balaban J connectivity index is 2.32. The van der Waals surface area contributed by atoms with Crippen LogP contribution in [0.1, 0.15) is 47.5 Å². The van der Waals surface area contributed by atoms with E-state index < -0.39 is 0 Å². The minimum absolute atomic E-state index is 0.672. The van der Waals surface area contributed by atoms with Gasteiger partial charge in [-0.3, -0.25) is 0 Å². The molecule has 2 rings (SSSR count). The van der Waals surface area contributed by atoms with Crippen molar-refractivity contribution in [3.05, 3.63) is 0 Å². The van der Waals surface area contributed by atoms with Gasteiger partial charge in [0.1, 0.15) is 0 Å². The van der Waals surface area contributed by atoms with Gasteiger partial charge < -0.3 is 0 Å². The summed E-state index contributed by atoms with van der Waals surface area (Å²) in [5.41, 5.74) is 1.34. The van der Waals surface area contributed by atoms with Crippen molar-refractivity contribution in [2.75, 3.05) is 0 Å². The van der Waals surface area contributed by atoms with E-state index >= 15 is 0 Å². The molecule has 0 aromatic carbocycles. The van der Waals surface area contributed by atoms with Crippen LogP contribution in [0.3, 0.4) is 0 Å². The summed E-state index contributed by atoms with van der Waals surface area (Å²) in [7, 11) is 0. The maximum Gasteiger partial charge on any atom is -0.0238 e. The van der Waals surface area contributed by atoms with Crippen LogP contribution in [0.15, 0.2) is 0 Å². The molecule has 5 atom stereocenters. The molecule has 0 aromatic rings. The smallest absolute Gasteiger partial charge is 0.0238 e. The summed E-state index contributed by atoms with van der Waals surface area (Å²) >= 11 is 0. The summed E-state index contributed by atoms with van der Waals surface area (Å²) in [6, 6.07) is 0. The third-order valence-electron chi connectivity index (χ3n) is 5.73.